The molecule has 1 saturated heterocycles. The van der Waals surface area contributed by atoms with Crippen molar-refractivity contribution in [2.75, 3.05) is 11.4 Å². The van der Waals surface area contributed by atoms with Gasteiger partial charge in [-0.05, 0) is 55.9 Å². The molecule has 0 saturated carbocycles. The summed E-state index contributed by atoms with van der Waals surface area (Å²) in [5, 5.41) is 10.3. The van der Waals surface area contributed by atoms with Gasteiger partial charge < -0.3 is 10.0 Å². The van der Waals surface area contributed by atoms with Crippen LogP contribution in [0.15, 0.2) is 54.7 Å². The third kappa shape index (κ3) is 4.46. The summed E-state index contributed by atoms with van der Waals surface area (Å²) in [4.78, 5) is 23.0. The summed E-state index contributed by atoms with van der Waals surface area (Å²) >= 11 is 6.04. The van der Waals surface area contributed by atoms with Crippen LogP contribution < -0.4 is 4.90 Å². The van der Waals surface area contributed by atoms with E-state index in [-0.39, 0.29) is 11.6 Å². The number of benzene rings is 2. The quantitative estimate of drug-likeness (QED) is 0.587. The fourth-order valence-electron chi connectivity index (χ4n) is 3.97. The van der Waals surface area contributed by atoms with Crippen LogP contribution in [0.25, 0.3) is 0 Å². The van der Waals surface area contributed by atoms with Crippen molar-refractivity contribution in [1.82, 2.24) is 9.97 Å². The maximum atomic E-state index is 11.7. The summed E-state index contributed by atoms with van der Waals surface area (Å²) in [6.07, 6.45) is 4.78. The highest BCUT2D eigenvalue weighted by atomic mass is 35.5. The second kappa shape index (κ2) is 8.84. The van der Waals surface area contributed by atoms with Gasteiger partial charge in [-0.2, -0.15) is 0 Å². The molecule has 0 amide bonds. The Hall–Kier alpha value is -2.92. The first-order chi connectivity index (χ1) is 14.5. The smallest absolute Gasteiger partial charge is 0.339 e. The summed E-state index contributed by atoms with van der Waals surface area (Å²) in [6.45, 7) is 2.90. The first-order valence-corrected chi connectivity index (χ1v) is 10.6. The maximum Gasteiger partial charge on any atom is 0.339 e. The van der Waals surface area contributed by atoms with E-state index in [1.165, 1.54) is 17.3 Å². The first-order valence-electron chi connectivity index (χ1n) is 10.2. The summed E-state index contributed by atoms with van der Waals surface area (Å²) in [5.41, 5.74) is 4.29. The molecule has 3 aromatic rings. The molecule has 30 heavy (non-hydrogen) atoms. The first kappa shape index (κ1) is 20.4. The number of carboxylic acids is 1. The normalized spacial score (nSPS) is 16.1. The minimum atomic E-state index is -0.990. The Morgan fingerprint density at radius 3 is 2.57 bits per heavy atom. The third-order valence-electron chi connectivity index (χ3n) is 5.62. The van der Waals surface area contributed by atoms with Gasteiger partial charge in [0.15, 0.2) is 0 Å². The van der Waals surface area contributed by atoms with Crippen LogP contribution in [0.3, 0.4) is 0 Å². The Kier molecular flexibility index (Phi) is 6.00. The van der Waals surface area contributed by atoms with Gasteiger partial charge in [0.2, 0.25) is 5.95 Å². The number of halogens is 1. The molecule has 1 fully saturated rings. The standard InChI is InChI=1S/C24H24ClN3O2/c1-16-4-6-17(7-5-16)8-13-21-20(23(29)30)15-26-24(27-21)28-14-2-3-22(28)18-9-11-19(25)12-10-18/h4-7,9-12,15,22H,2-3,8,13-14H2,1H3,(H,29,30)/t22-/m1/s1. The van der Waals surface area contributed by atoms with E-state index in [1.54, 1.807) is 0 Å². The van der Waals surface area contributed by atoms with Crippen molar-refractivity contribution in [1.29, 1.82) is 0 Å². The molecule has 6 heteroatoms. The lowest BCUT2D eigenvalue weighted by molar-refractivity contribution is 0.0694. The van der Waals surface area contributed by atoms with Gasteiger partial charge in [-0.15, -0.1) is 0 Å². The highest BCUT2D eigenvalue weighted by Gasteiger charge is 2.29. The van der Waals surface area contributed by atoms with Crippen molar-refractivity contribution >= 4 is 23.5 Å². The predicted molar refractivity (Wildman–Crippen MR) is 118 cm³/mol. The van der Waals surface area contributed by atoms with E-state index in [0.717, 1.165) is 31.4 Å². The van der Waals surface area contributed by atoms with E-state index < -0.39 is 5.97 Å². The Labute approximate surface area is 181 Å². The van der Waals surface area contributed by atoms with Crippen molar-refractivity contribution in [2.45, 2.75) is 38.6 Å². The van der Waals surface area contributed by atoms with Gasteiger partial charge in [0.25, 0.3) is 0 Å². The molecular weight excluding hydrogens is 398 g/mol. The zero-order chi connectivity index (χ0) is 21.1. The van der Waals surface area contributed by atoms with Crippen LogP contribution in [0.2, 0.25) is 5.02 Å². The van der Waals surface area contributed by atoms with Crippen LogP contribution in [0.5, 0.6) is 0 Å². The molecule has 154 valence electrons. The highest BCUT2D eigenvalue weighted by molar-refractivity contribution is 6.30. The molecule has 1 aromatic heterocycles. The summed E-state index contributed by atoms with van der Waals surface area (Å²) in [5.74, 6) is -0.396. The lowest BCUT2D eigenvalue weighted by Crippen LogP contribution is -2.25. The number of aromatic nitrogens is 2. The largest absolute Gasteiger partial charge is 0.478 e. The molecule has 2 heterocycles. The summed E-state index contributed by atoms with van der Waals surface area (Å²) < 4.78 is 0. The topological polar surface area (TPSA) is 66.3 Å². The minimum Gasteiger partial charge on any atom is -0.478 e. The van der Waals surface area contributed by atoms with Crippen LogP contribution >= 0.6 is 11.6 Å². The number of rotatable bonds is 6. The molecule has 0 radical (unpaired) electrons. The van der Waals surface area contributed by atoms with Gasteiger partial charge in [-0.3, -0.25) is 0 Å². The zero-order valence-electron chi connectivity index (χ0n) is 16.9. The Morgan fingerprint density at radius 2 is 1.87 bits per heavy atom. The van der Waals surface area contributed by atoms with Crippen LogP contribution in [-0.2, 0) is 12.8 Å². The zero-order valence-corrected chi connectivity index (χ0v) is 17.6. The van der Waals surface area contributed by atoms with Gasteiger partial charge in [0.1, 0.15) is 0 Å². The Balaban J connectivity index is 1.60. The van der Waals surface area contributed by atoms with Crippen LogP contribution in [-0.4, -0.2) is 27.6 Å². The average Bonchev–Trinajstić information content (AvgIpc) is 3.23. The third-order valence-corrected chi connectivity index (χ3v) is 5.87. The molecule has 2 aromatic carbocycles. The van der Waals surface area contributed by atoms with Crippen LogP contribution in [0.4, 0.5) is 5.95 Å². The molecule has 1 aliphatic rings. The molecule has 1 aliphatic heterocycles. The Bertz CT molecular complexity index is 1040. The molecule has 1 atom stereocenters. The number of hydrogen-bond acceptors (Lipinski definition) is 4. The van der Waals surface area contributed by atoms with E-state index in [2.05, 4.69) is 41.1 Å². The number of aromatic carboxylic acids is 1. The molecule has 0 spiro atoms. The van der Waals surface area contributed by atoms with Gasteiger partial charge >= 0.3 is 5.97 Å². The molecular formula is C24H24ClN3O2. The fourth-order valence-corrected chi connectivity index (χ4v) is 4.10. The molecule has 5 nitrogen and oxygen atoms in total. The maximum absolute atomic E-state index is 11.7. The van der Waals surface area contributed by atoms with Gasteiger partial charge in [-0.25, -0.2) is 14.8 Å². The number of aryl methyl sites for hydroxylation is 3. The van der Waals surface area contributed by atoms with E-state index in [9.17, 15) is 9.90 Å². The Morgan fingerprint density at radius 1 is 1.13 bits per heavy atom. The lowest BCUT2D eigenvalue weighted by Gasteiger charge is -2.25. The lowest BCUT2D eigenvalue weighted by atomic mass is 10.0. The van der Waals surface area contributed by atoms with Crippen molar-refractivity contribution in [3.63, 3.8) is 0 Å². The monoisotopic (exact) mass is 421 g/mol. The number of carbonyl (C=O) groups is 1. The second-order valence-electron chi connectivity index (χ2n) is 7.72. The fraction of sp³-hybridized carbons (Fsp3) is 0.292. The van der Waals surface area contributed by atoms with Crippen LogP contribution in [0.1, 0.15) is 51.6 Å². The van der Waals surface area contributed by atoms with Crippen molar-refractivity contribution in [2.24, 2.45) is 0 Å². The number of anilines is 1. The summed E-state index contributed by atoms with van der Waals surface area (Å²) in [6, 6.07) is 16.3. The minimum absolute atomic E-state index is 0.169. The van der Waals surface area contributed by atoms with Gasteiger partial charge in [0, 0.05) is 17.8 Å². The van der Waals surface area contributed by atoms with Crippen molar-refractivity contribution in [3.8, 4) is 0 Å². The average molecular weight is 422 g/mol. The number of nitrogens with zero attached hydrogens (tertiary/aromatic N) is 3. The summed E-state index contributed by atoms with van der Waals surface area (Å²) in [7, 11) is 0. The van der Waals surface area contributed by atoms with Crippen molar-refractivity contribution in [3.05, 3.63) is 87.7 Å². The highest BCUT2D eigenvalue weighted by Crippen LogP contribution is 2.35. The second-order valence-corrected chi connectivity index (χ2v) is 8.16. The molecule has 0 unspecified atom stereocenters. The van der Waals surface area contributed by atoms with E-state index >= 15 is 0 Å². The van der Waals surface area contributed by atoms with Crippen LogP contribution in [0, 0.1) is 6.92 Å². The van der Waals surface area contributed by atoms with Crippen molar-refractivity contribution < 1.29 is 9.90 Å². The number of carboxylic acid groups (broad SMARTS) is 1. The molecule has 0 bridgehead atoms. The predicted octanol–water partition coefficient (Wildman–Crippen LogP) is 5.26. The van der Waals surface area contributed by atoms with Gasteiger partial charge in [0.05, 0.1) is 17.3 Å². The van der Waals surface area contributed by atoms with E-state index in [4.69, 9.17) is 16.6 Å². The molecule has 0 aliphatic carbocycles. The molecule has 1 N–H and O–H groups in total. The van der Waals surface area contributed by atoms with Gasteiger partial charge in [-0.1, -0.05) is 53.6 Å². The van der Waals surface area contributed by atoms with E-state index in [0.29, 0.717) is 23.1 Å². The van der Waals surface area contributed by atoms with E-state index in [1.807, 2.05) is 24.3 Å². The SMILES string of the molecule is Cc1ccc(CCc2nc(N3CCC[C@@H]3c3ccc(Cl)cc3)ncc2C(=O)O)cc1. The number of hydrogen-bond donors (Lipinski definition) is 1. The molecule has 4 rings (SSSR count).